The zero-order valence-corrected chi connectivity index (χ0v) is 15.5. The van der Waals surface area contributed by atoms with Crippen molar-refractivity contribution in [3.8, 4) is 0 Å². The van der Waals surface area contributed by atoms with Gasteiger partial charge in [-0.25, -0.2) is 0 Å². The van der Waals surface area contributed by atoms with Gasteiger partial charge >= 0.3 is 0 Å². The van der Waals surface area contributed by atoms with Crippen LogP contribution in [0.2, 0.25) is 0 Å². The van der Waals surface area contributed by atoms with Crippen molar-refractivity contribution >= 4 is 34.1 Å². The predicted octanol–water partition coefficient (Wildman–Crippen LogP) is 6.31. The molecule has 4 rings (SSSR count). The van der Waals surface area contributed by atoms with E-state index >= 15 is 0 Å². The molecule has 0 spiro atoms. The first kappa shape index (κ1) is 17.4. The third-order valence-corrected chi connectivity index (χ3v) is 5.65. The maximum absolute atomic E-state index is 13.2. The molecular weight excluding hydrogens is 350 g/mol. The van der Waals surface area contributed by atoms with Gasteiger partial charge in [0.1, 0.15) is 5.25 Å². The zero-order valence-electron chi connectivity index (χ0n) is 14.7. The van der Waals surface area contributed by atoms with Gasteiger partial charge in [-0.05, 0) is 29.1 Å². The molecule has 1 amide bonds. The molecule has 0 bridgehead atoms. The van der Waals surface area contributed by atoms with Crippen molar-refractivity contribution in [2.24, 2.45) is 0 Å². The summed E-state index contributed by atoms with van der Waals surface area (Å²) in [5.41, 5.74) is 1.83. The fourth-order valence-electron chi connectivity index (χ4n) is 3.07. The fourth-order valence-corrected chi connectivity index (χ4v) is 4.11. The molecular formula is C24H19NOS. The minimum Gasteiger partial charge on any atom is -0.324 e. The molecule has 0 saturated heterocycles. The van der Waals surface area contributed by atoms with E-state index in [9.17, 15) is 4.79 Å². The molecule has 1 unspecified atom stereocenters. The van der Waals surface area contributed by atoms with Crippen LogP contribution >= 0.6 is 11.8 Å². The number of thioether (sulfide) groups is 1. The largest absolute Gasteiger partial charge is 0.324 e. The minimum absolute atomic E-state index is 0.0218. The molecule has 0 aliphatic carbocycles. The Morgan fingerprint density at radius 3 is 2.11 bits per heavy atom. The molecule has 0 aromatic heterocycles. The molecule has 0 aliphatic heterocycles. The molecule has 4 aromatic carbocycles. The van der Waals surface area contributed by atoms with Gasteiger partial charge in [0.05, 0.1) is 0 Å². The number of nitrogens with one attached hydrogen (secondary N) is 1. The predicted molar refractivity (Wildman–Crippen MR) is 114 cm³/mol. The Balaban J connectivity index is 1.66. The lowest BCUT2D eigenvalue weighted by molar-refractivity contribution is -0.115. The minimum atomic E-state index is -0.326. The summed E-state index contributed by atoms with van der Waals surface area (Å²) in [5.74, 6) is -0.0218. The molecule has 0 radical (unpaired) electrons. The van der Waals surface area contributed by atoms with Crippen molar-refractivity contribution < 1.29 is 4.79 Å². The van der Waals surface area contributed by atoms with Crippen molar-refractivity contribution in [3.63, 3.8) is 0 Å². The van der Waals surface area contributed by atoms with E-state index in [-0.39, 0.29) is 11.2 Å². The van der Waals surface area contributed by atoms with Crippen molar-refractivity contribution in [2.75, 3.05) is 5.32 Å². The Kier molecular flexibility index (Phi) is 5.22. The summed E-state index contributed by atoms with van der Waals surface area (Å²) >= 11 is 1.56. The average Bonchev–Trinajstić information content (AvgIpc) is 2.73. The lowest BCUT2D eigenvalue weighted by Crippen LogP contribution is -2.19. The maximum atomic E-state index is 13.2. The van der Waals surface area contributed by atoms with Crippen LogP contribution in [0.4, 0.5) is 5.69 Å². The highest BCUT2D eigenvalue weighted by atomic mass is 32.2. The van der Waals surface area contributed by atoms with E-state index < -0.39 is 0 Å². The number of fused-ring (bicyclic) bond motifs is 1. The number of benzene rings is 4. The molecule has 1 atom stereocenters. The Labute approximate surface area is 163 Å². The van der Waals surface area contributed by atoms with Gasteiger partial charge in [0, 0.05) is 16.0 Å². The Hall–Kier alpha value is -3.04. The number of rotatable bonds is 5. The second-order valence-corrected chi connectivity index (χ2v) is 7.42. The van der Waals surface area contributed by atoms with Crippen molar-refractivity contribution in [2.45, 2.75) is 10.1 Å². The summed E-state index contributed by atoms with van der Waals surface area (Å²) < 4.78 is 0. The number of anilines is 1. The van der Waals surface area contributed by atoms with E-state index in [1.54, 1.807) is 11.8 Å². The Morgan fingerprint density at radius 1 is 0.704 bits per heavy atom. The molecule has 0 heterocycles. The molecule has 4 aromatic rings. The lowest BCUT2D eigenvalue weighted by atomic mass is 10.1. The van der Waals surface area contributed by atoms with Crippen LogP contribution in [0.3, 0.4) is 0 Å². The summed E-state index contributed by atoms with van der Waals surface area (Å²) in [5, 5.41) is 4.98. The third-order valence-electron chi connectivity index (χ3n) is 4.39. The summed E-state index contributed by atoms with van der Waals surface area (Å²) in [6, 6.07) is 34.0. The standard InChI is InChI=1S/C24H19NOS/c26-24(25-22-17-9-13-18-10-7-8-16-21(18)22)23(19-11-3-1-4-12-19)27-20-14-5-2-6-15-20/h1-17,23H,(H,25,26). The molecule has 0 saturated carbocycles. The Morgan fingerprint density at radius 2 is 1.33 bits per heavy atom. The van der Waals surface area contributed by atoms with Crippen LogP contribution in [-0.2, 0) is 4.79 Å². The monoisotopic (exact) mass is 369 g/mol. The van der Waals surface area contributed by atoms with Gasteiger partial charge in [-0.3, -0.25) is 4.79 Å². The van der Waals surface area contributed by atoms with E-state index in [4.69, 9.17) is 0 Å². The van der Waals surface area contributed by atoms with Crippen molar-refractivity contribution in [3.05, 3.63) is 109 Å². The number of carbonyl (C=O) groups excluding carboxylic acids is 1. The number of hydrogen-bond donors (Lipinski definition) is 1. The van der Waals surface area contributed by atoms with E-state index in [2.05, 4.69) is 17.4 Å². The summed E-state index contributed by atoms with van der Waals surface area (Å²) in [6.45, 7) is 0. The fraction of sp³-hybridized carbons (Fsp3) is 0.0417. The summed E-state index contributed by atoms with van der Waals surface area (Å²) in [7, 11) is 0. The van der Waals surface area contributed by atoms with E-state index in [0.29, 0.717) is 0 Å². The first-order valence-electron chi connectivity index (χ1n) is 8.86. The van der Waals surface area contributed by atoms with Crippen molar-refractivity contribution in [1.82, 2.24) is 0 Å². The van der Waals surface area contributed by atoms with Gasteiger partial charge in [0.25, 0.3) is 0 Å². The molecule has 3 heteroatoms. The molecule has 0 aliphatic rings. The smallest absolute Gasteiger partial charge is 0.242 e. The number of carbonyl (C=O) groups is 1. The maximum Gasteiger partial charge on any atom is 0.242 e. The first-order valence-corrected chi connectivity index (χ1v) is 9.74. The SMILES string of the molecule is O=C(Nc1cccc2ccccc12)C(Sc1ccccc1)c1ccccc1. The molecule has 132 valence electrons. The van der Waals surface area contributed by atoms with E-state index in [0.717, 1.165) is 26.9 Å². The lowest BCUT2D eigenvalue weighted by Gasteiger charge is -2.18. The van der Waals surface area contributed by atoms with Crippen LogP contribution in [0.1, 0.15) is 10.8 Å². The zero-order chi connectivity index (χ0) is 18.5. The average molecular weight is 369 g/mol. The normalized spacial score (nSPS) is 11.9. The molecule has 2 nitrogen and oxygen atoms in total. The van der Waals surface area contributed by atoms with Gasteiger partial charge in [-0.15, -0.1) is 11.8 Å². The highest BCUT2D eigenvalue weighted by Crippen LogP contribution is 2.36. The third kappa shape index (κ3) is 4.04. The molecule has 0 fully saturated rings. The van der Waals surface area contributed by atoms with E-state index in [1.807, 2.05) is 91.0 Å². The van der Waals surface area contributed by atoms with Crippen LogP contribution < -0.4 is 5.32 Å². The van der Waals surface area contributed by atoms with Gasteiger partial charge in [-0.2, -0.15) is 0 Å². The van der Waals surface area contributed by atoms with Gasteiger partial charge in [0.15, 0.2) is 0 Å². The van der Waals surface area contributed by atoms with Crippen LogP contribution in [0.5, 0.6) is 0 Å². The van der Waals surface area contributed by atoms with Crippen LogP contribution in [0.25, 0.3) is 10.8 Å². The van der Waals surface area contributed by atoms with Gasteiger partial charge in [-0.1, -0.05) is 84.9 Å². The second-order valence-electron chi connectivity index (χ2n) is 6.24. The number of hydrogen-bond acceptors (Lipinski definition) is 2. The summed E-state index contributed by atoms with van der Waals surface area (Å²) in [4.78, 5) is 14.3. The molecule has 1 N–H and O–H groups in total. The van der Waals surface area contributed by atoms with Crippen molar-refractivity contribution in [1.29, 1.82) is 0 Å². The van der Waals surface area contributed by atoms with Crippen LogP contribution in [0, 0.1) is 0 Å². The Bertz CT molecular complexity index is 1040. The molecule has 27 heavy (non-hydrogen) atoms. The van der Waals surface area contributed by atoms with Gasteiger partial charge in [0.2, 0.25) is 5.91 Å². The highest BCUT2D eigenvalue weighted by Gasteiger charge is 2.22. The quantitative estimate of drug-likeness (QED) is 0.418. The van der Waals surface area contributed by atoms with E-state index in [1.165, 1.54) is 0 Å². The second kappa shape index (κ2) is 8.11. The first-order chi connectivity index (χ1) is 13.3. The number of amides is 1. The van der Waals surface area contributed by atoms with Gasteiger partial charge < -0.3 is 5.32 Å². The summed E-state index contributed by atoms with van der Waals surface area (Å²) in [6.07, 6.45) is 0. The van der Waals surface area contributed by atoms with Crippen LogP contribution in [-0.4, -0.2) is 5.91 Å². The van der Waals surface area contributed by atoms with Crippen LogP contribution in [0.15, 0.2) is 108 Å². The topological polar surface area (TPSA) is 29.1 Å². The highest BCUT2D eigenvalue weighted by molar-refractivity contribution is 8.00.